The van der Waals surface area contributed by atoms with Gasteiger partial charge in [0.1, 0.15) is 11.2 Å². The summed E-state index contributed by atoms with van der Waals surface area (Å²) in [6, 6.07) is 31.3. The van der Waals surface area contributed by atoms with Gasteiger partial charge in [0.15, 0.2) is 0 Å². The average molecular weight is 495 g/mol. The Hall–Kier alpha value is -4.96. The van der Waals surface area contributed by atoms with Crippen LogP contribution in [-0.4, -0.2) is 0 Å². The van der Waals surface area contributed by atoms with Gasteiger partial charge in [0.05, 0.1) is 11.1 Å². The second kappa shape index (κ2) is 8.29. The molecule has 0 saturated carbocycles. The standard InChI is InChI=1S/C34H22O4/c1-19-29(33(35)37-27-17-15-21-7-3-5-9-25(21)31(19)27)23-11-13-24(14-12-23)30-20(2)32-26-10-6-4-8-22(26)16-18-28(32)38-34(30)36/h3-18H,1-2H3. The van der Waals surface area contributed by atoms with E-state index < -0.39 is 0 Å². The summed E-state index contributed by atoms with van der Waals surface area (Å²) in [4.78, 5) is 26.2. The Morgan fingerprint density at radius 2 is 0.868 bits per heavy atom. The molecule has 0 aliphatic carbocycles. The molecule has 38 heavy (non-hydrogen) atoms. The summed E-state index contributed by atoms with van der Waals surface area (Å²) in [5, 5.41) is 6.12. The smallest absolute Gasteiger partial charge is 0.344 e. The number of fused-ring (bicyclic) bond motifs is 6. The van der Waals surface area contributed by atoms with Crippen LogP contribution in [0, 0.1) is 13.8 Å². The lowest BCUT2D eigenvalue weighted by molar-refractivity contribution is 0.562. The Labute approximate surface area is 217 Å². The van der Waals surface area contributed by atoms with E-state index in [2.05, 4.69) is 12.1 Å². The van der Waals surface area contributed by atoms with E-state index in [1.807, 2.05) is 98.8 Å². The van der Waals surface area contributed by atoms with E-state index in [9.17, 15) is 9.59 Å². The molecule has 0 radical (unpaired) electrons. The molecule has 0 spiro atoms. The molecular weight excluding hydrogens is 472 g/mol. The predicted molar refractivity (Wildman–Crippen MR) is 154 cm³/mol. The first-order valence-corrected chi connectivity index (χ1v) is 12.5. The van der Waals surface area contributed by atoms with Crippen LogP contribution in [0.2, 0.25) is 0 Å². The zero-order valence-corrected chi connectivity index (χ0v) is 20.9. The van der Waals surface area contributed by atoms with Crippen molar-refractivity contribution in [2.45, 2.75) is 13.8 Å². The fourth-order valence-electron chi connectivity index (χ4n) is 5.78. The first-order valence-electron chi connectivity index (χ1n) is 12.5. The van der Waals surface area contributed by atoms with Gasteiger partial charge in [-0.1, -0.05) is 84.9 Å². The van der Waals surface area contributed by atoms with Gasteiger partial charge in [-0.15, -0.1) is 0 Å². The van der Waals surface area contributed by atoms with Gasteiger partial charge in [0.25, 0.3) is 0 Å². The zero-order valence-electron chi connectivity index (χ0n) is 20.9. The van der Waals surface area contributed by atoms with Crippen LogP contribution >= 0.6 is 0 Å². The van der Waals surface area contributed by atoms with E-state index in [0.29, 0.717) is 22.3 Å². The molecule has 0 aliphatic heterocycles. The van der Waals surface area contributed by atoms with Crippen molar-refractivity contribution < 1.29 is 8.83 Å². The zero-order chi connectivity index (χ0) is 26.0. The third kappa shape index (κ3) is 3.24. The summed E-state index contributed by atoms with van der Waals surface area (Å²) in [5.74, 6) is 0. The average Bonchev–Trinajstić information content (AvgIpc) is 2.93. The second-order valence-corrected chi connectivity index (χ2v) is 9.68. The number of benzene rings is 5. The molecule has 4 nitrogen and oxygen atoms in total. The molecule has 182 valence electrons. The van der Waals surface area contributed by atoms with Crippen molar-refractivity contribution >= 4 is 43.5 Å². The molecule has 2 aromatic heterocycles. The summed E-state index contributed by atoms with van der Waals surface area (Å²) in [7, 11) is 0. The second-order valence-electron chi connectivity index (χ2n) is 9.68. The molecule has 0 N–H and O–H groups in total. The Morgan fingerprint density at radius 3 is 1.29 bits per heavy atom. The van der Waals surface area contributed by atoms with Crippen LogP contribution in [0.4, 0.5) is 0 Å². The lowest BCUT2D eigenvalue weighted by atomic mass is 9.93. The van der Waals surface area contributed by atoms with Crippen molar-refractivity contribution in [1.82, 2.24) is 0 Å². The van der Waals surface area contributed by atoms with E-state index >= 15 is 0 Å². The highest BCUT2D eigenvalue weighted by Gasteiger charge is 2.18. The number of hydrogen-bond donors (Lipinski definition) is 0. The van der Waals surface area contributed by atoms with E-state index in [0.717, 1.165) is 54.6 Å². The molecule has 0 saturated heterocycles. The Kier molecular flexibility index (Phi) is 4.85. The summed E-state index contributed by atoms with van der Waals surface area (Å²) in [5.41, 5.74) is 4.64. The van der Waals surface area contributed by atoms with Crippen LogP contribution in [0.15, 0.2) is 115 Å². The Balaban J connectivity index is 1.42. The van der Waals surface area contributed by atoms with E-state index in [4.69, 9.17) is 8.83 Å². The summed E-state index contributed by atoms with van der Waals surface area (Å²) >= 11 is 0. The SMILES string of the molecule is Cc1c(-c2ccc(-c3c(C)c4c(ccc5ccccc54)oc3=O)cc2)c(=O)oc2ccc3ccccc3c12. The van der Waals surface area contributed by atoms with Crippen LogP contribution in [0.5, 0.6) is 0 Å². The molecule has 7 aromatic rings. The van der Waals surface area contributed by atoms with Crippen LogP contribution in [-0.2, 0) is 0 Å². The van der Waals surface area contributed by atoms with Gasteiger partial charge in [-0.25, -0.2) is 9.59 Å². The maximum atomic E-state index is 13.1. The molecule has 0 fully saturated rings. The van der Waals surface area contributed by atoms with Crippen LogP contribution in [0.1, 0.15) is 11.1 Å². The van der Waals surface area contributed by atoms with Crippen molar-refractivity contribution in [1.29, 1.82) is 0 Å². The van der Waals surface area contributed by atoms with Gasteiger partial charge in [0.2, 0.25) is 0 Å². The largest absolute Gasteiger partial charge is 0.422 e. The van der Waals surface area contributed by atoms with E-state index in [1.165, 1.54) is 0 Å². The summed E-state index contributed by atoms with van der Waals surface area (Å²) in [6.45, 7) is 3.92. The Bertz CT molecular complexity index is 2020. The molecule has 4 heteroatoms. The molecule has 0 unspecified atom stereocenters. The fourth-order valence-corrected chi connectivity index (χ4v) is 5.78. The molecule has 0 aliphatic rings. The van der Waals surface area contributed by atoms with Gasteiger partial charge < -0.3 is 8.83 Å². The third-order valence-corrected chi connectivity index (χ3v) is 7.56. The van der Waals surface area contributed by atoms with Crippen molar-refractivity contribution in [2.24, 2.45) is 0 Å². The molecule has 0 amide bonds. The number of hydrogen-bond acceptors (Lipinski definition) is 4. The first kappa shape index (κ1) is 22.3. The topological polar surface area (TPSA) is 60.4 Å². The Morgan fingerprint density at radius 1 is 0.474 bits per heavy atom. The molecule has 7 rings (SSSR count). The minimum Gasteiger partial charge on any atom is -0.422 e. The van der Waals surface area contributed by atoms with Gasteiger partial charge in [-0.05, 0) is 69.8 Å². The lowest BCUT2D eigenvalue weighted by Gasteiger charge is -2.12. The van der Waals surface area contributed by atoms with Crippen molar-refractivity contribution in [3.8, 4) is 22.3 Å². The van der Waals surface area contributed by atoms with E-state index in [1.54, 1.807) is 0 Å². The number of rotatable bonds is 2. The molecule has 2 heterocycles. The summed E-state index contributed by atoms with van der Waals surface area (Å²) < 4.78 is 11.5. The van der Waals surface area contributed by atoms with E-state index in [-0.39, 0.29) is 11.3 Å². The highest BCUT2D eigenvalue weighted by molar-refractivity contribution is 6.09. The highest BCUT2D eigenvalue weighted by atomic mass is 16.4. The molecule has 0 atom stereocenters. The fraction of sp³-hybridized carbons (Fsp3) is 0.0588. The van der Waals surface area contributed by atoms with Crippen molar-refractivity contribution in [2.75, 3.05) is 0 Å². The maximum Gasteiger partial charge on any atom is 0.344 e. The number of aryl methyl sites for hydroxylation is 2. The maximum absolute atomic E-state index is 13.1. The predicted octanol–water partition coefficient (Wildman–Crippen LogP) is 8.16. The quantitative estimate of drug-likeness (QED) is 0.180. The third-order valence-electron chi connectivity index (χ3n) is 7.56. The molecule has 0 bridgehead atoms. The van der Waals surface area contributed by atoms with Gasteiger partial charge in [-0.3, -0.25) is 0 Å². The van der Waals surface area contributed by atoms with Gasteiger partial charge in [-0.2, -0.15) is 0 Å². The van der Waals surface area contributed by atoms with Crippen LogP contribution in [0.25, 0.3) is 65.7 Å². The van der Waals surface area contributed by atoms with Crippen LogP contribution < -0.4 is 11.3 Å². The molecule has 5 aromatic carbocycles. The van der Waals surface area contributed by atoms with Gasteiger partial charge in [0, 0.05) is 10.8 Å². The first-order chi connectivity index (χ1) is 18.5. The van der Waals surface area contributed by atoms with Gasteiger partial charge >= 0.3 is 11.3 Å². The molecular formula is C34H22O4. The van der Waals surface area contributed by atoms with Crippen molar-refractivity contribution in [3.05, 3.63) is 129 Å². The summed E-state index contributed by atoms with van der Waals surface area (Å²) in [6.07, 6.45) is 0. The normalized spacial score (nSPS) is 11.6. The van der Waals surface area contributed by atoms with Crippen LogP contribution in [0.3, 0.4) is 0 Å². The van der Waals surface area contributed by atoms with Crippen molar-refractivity contribution in [3.63, 3.8) is 0 Å². The monoisotopic (exact) mass is 494 g/mol. The minimum atomic E-state index is -0.383. The lowest BCUT2D eigenvalue weighted by Crippen LogP contribution is -2.07. The highest BCUT2D eigenvalue weighted by Crippen LogP contribution is 2.35. The minimum absolute atomic E-state index is 0.383.